The quantitative estimate of drug-likeness (QED) is 0.132. The molecule has 338 valence electrons. The van der Waals surface area contributed by atoms with E-state index in [9.17, 15) is 33.6 Å². The number of ether oxygens (including phenoxy) is 2. The van der Waals surface area contributed by atoms with E-state index in [1.165, 1.54) is 31.0 Å². The zero-order valence-electron chi connectivity index (χ0n) is 37.8. The molecule has 4 amide bonds. The summed E-state index contributed by atoms with van der Waals surface area (Å²) in [7, 11) is 4.29. The third kappa shape index (κ3) is 12.6. The van der Waals surface area contributed by atoms with Crippen LogP contribution in [0.15, 0.2) is 97.1 Å². The number of nitrogens with zero attached hydrogens (tertiary/aromatic N) is 2. The molecular formula is C51H60N4O9. The second kappa shape index (κ2) is 22.8. The largest absolute Gasteiger partial charge is 0.467 e. The Bertz CT molecular complexity index is 2320. The van der Waals surface area contributed by atoms with Gasteiger partial charge in [-0.3, -0.25) is 28.8 Å². The average Bonchev–Trinajstić information content (AvgIpc) is 3.29. The number of ketones is 2. The molecule has 0 aromatic heterocycles. The highest BCUT2D eigenvalue weighted by Gasteiger charge is 2.35. The van der Waals surface area contributed by atoms with Gasteiger partial charge in [0.25, 0.3) is 0 Å². The minimum absolute atomic E-state index is 0.119. The molecule has 0 fully saturated rings. The molecule has 13 heteroatoms. The number of likely N-dealkylation sites (N-methyl/N-ethyl adjacent to an activating group) is 2. The Hall–Kier alpha value is -6.47. The van der Waals surface area contributed by atoms with Gasteiger partial charge in [0.05, 0.1) is 26.4 Å². The summed E-state index contributed by atoms with van der Waals surface area (Å²) in [5, 5.41) is 5.65. The SMILES string of the molecule is CCC(=O)N(C)[C@H](COCc1ccccc1)C(=O)N[C@H](Cc1ccccc1)C(=O)CCC(=O)N(C)[C@@H]1C(=O)C[C@@H](C)C(=O)N[C@H](C(=O)OC)Cc2ccc(C)c(c2)-c2cc1ccc2C. The number of esters is 1. The van der Waals surface area contributed by atoms with E-state index in [0.29, 0.717) is 5.56 Å². The second-order valence-corrected chi connectivity index (χ2v) is 16.6. The van der Waals surface area contributed by atoms with Crippen molar-refractivity contribution in [1.29, 1.82) is 0 Å². The molecule has 64 heavy (non-hydrogen) atoms. The first-order valence-electron chi connectivity index (χ1n) is 21.7. The lowest BCUT2D eigenvalue weighted by Crippen LogP contribution is -2.54. The number of carbonyl (C=O) groups excluding carboxylic acids is 7. The van der Waals surface area contributed by atoms with Crippen LogP contribution in [0.4, 0.5) is 0 Å². The summed E-state index contributed by atoms with van der Waals surface area (Å²) in [4.78, 5) is 98.7. The van der Waals surface area contributed by atoms with Gasteiger partial charge in [-0.25, -0.2) is 4.79 Å². The highest BCUT2D eigenvalue weighted by atomic mass is 16.5. The number of aryl methyl sites for hydroxylation is 2. The normalized spacial score (nSPS) is 17.2. The second-order valence-electron chi connectivity index (χ2n) is 16.6. The maximum absolute atomic E-state index is 14.4. The number of rotatable bonds is 16. The van der Waals surface area contributed by atoms with E-state index in [-0.39, 0.29) is 57.6 Å². The van der Waals surface area contributed by atoms with Crippen LogP contribution >= 0.6 is 0 Å². The lowest BCUT2D eigenvalue weighted by molar-refractivity contribution is -0.145. The van der Waals surface area contributed by atoms with Crippen LogP contribution in [0.25, 0.3) is 11.1 Å². The first-order valence-corrected chi connectivity index (χ1v) is 21.7. The lowest BCUT2D eigenvalue weighted by atomic mass is 9.87. The molecule has 4 bridgehead atoms. The van der Waals surface area contributed by atoms with Gasteiger partial charge in [-0.15, -0.1) is 0 Å². The molecule has 0 saturated carbocycles. The number of hydrogen-bond donors (Lipinski definition) is 2. The summed E-state index contributed by atoms with van der Waals surface area (Å²) < 4.78 is 10.9. The minimum Gasteiger partial charge on any atom is -0.467 e. The van der Waals surface area contributed by atoms with Crippen molar-refractivity contribution < 1.29 is 43.0 Å². The van der Waals surface area contributed by atoms with E-state index in [4.69, 9.17) is 9.47 Å². The molecule has 1 aliphatic heterocycles. The van der Waals surface area contributed by atoms with Crippen LogP contribution in [-0.4, -0.2) is 96.9 Å². The molecule has 0 radical (unpaired) electrons. The standard InChI is InChI=1S/C51H60N4O9/c1-8-46(58)54(5)43(31-64-30-36-17-13-10-14-18-36)50(61)52-41(27-35-15-11-9-12-16-35)44(56)23-24-47(59)55(6)48-38-22-20-33(3)40(29-38)39-26-37(21-19-32(39)2)28-42(51(62)63-7)53-49(60)34(4)25-45(48)57/h9-22,26,29,34,41-43,48H,8,23-25,27-28,30-31H2,1-7H3,(H,52,61)(H,53,60)/t34-,41-,42+,43-,48+/m1/s1. The van der Waals surface area contributed by atoms with E-state index < -0.39 is 65.3 Å². The minimum atomic E-state index is -1.12. The molecule has 5 atom stereocenters. The van der Waals surface area contributed by atoms with Crippen LogP contribution in [0, 0.1) is 19.8 Å². The van der Waals surface area contributed by atoms with Crippen molar-refractivity contribution in [1.82, 2.24) is 20.4 Å². The number of fused-ring (bicyclic) bond motifs is 5. The lowest BCUT2D eigenvalue weighted by Gasteiger charge is -2.30. The van der Waals surface area contributed by atoms with Crippen molar-refractivity contribution in [3.63, 3.8) is 0 Å². The predicted octanol–water partition coefficient (Wildman–Crippen LogP) is 5.81. The molecule has 4 aromatic carbocycles. The monoisotopic (exact) mass is 872 g/mol. The zero-order valence-corrected chi connectivity index (χ0v) is 37.8. The zero-order chi connectivity index (χ0) is 46.5. The van der Waals surface area contributed by atoms with E-state index >= 15 is 0 Å². The van der Waals surface area contributed by atoms with Gasteiger partial charge in [0.15, 0.2) is 11.6 Å². The van der Waals surface area contributed by atoms with Gasteiger partial charge in [0, 0.05) is 52.1 Å². The summed E-state index contributed by atoms with van der Waals surface area (Å²) >= 11 is 0. The number of benzene rings is 4. The number of methoxy groups -OCH3 is 1. The van der Waals surface area contributed by atoms with Gasteiger partial charge >= 0.3 is 5.97 Å². The molecular weight excluding hydrogens is 813 g/mol. The Labute approximate surface area is 375 Å². The summed E-state index contributed by atoms with van der Waals surface area (Å²) in [6.07, 6.45) is -0.329. The molecule has 13 nitrogen and oxygen atoms in total. The molecule has 0 saturated heterocycles. The summed E-state index contributed by atoms with van der Waals surface area (Å²) in [6, 6.07) is 25.7. The summed E-state index contributed by atoms with van der Waals surface area (Å²) in [5.74, 6) is -4.17. The van der Waals surface area contributed by atoms with E-state index in [1.807, 2.05) is 105 Å². The van der Waals surface area contributed by atoms with Gasteiger partial charge in [0.1, 0.15) is 18.1 Å². The maximum atomic E-state index is 14.4. The van der Waals surface area contributed by atoms with E-state index in [0.717, 1.165) is 38.9 Å². The smallest absolute Gasteiger partial charge is 0.328 e. The average molecular weight is 873 g/mol. The fourth-order valence-corrected chi connectivity index (χ4v) is 7.94. The van der Waals surface area contributed by atoms with Crippen LogP contribution in [0.1, 0.15) is 79.0 Å². The fourth-order valence-electron chi connectivity index (χ4n) is 7.94. The van der Waals surface area contributed by atoms with Crippen molar-refractivity contribution in [2.75, 3.05) is 27.8 Å². The highest BCUT2D eigenvalue weighted by Crippen LogP contribution is 2.34. The Balaban J connectivity index is 1.40. The van der Waals surface area contributed by atoms with Crippen LogP contribution in [-0.2, 0) is 62.5 Å². The molecule has 1 heterocycles. The van der Waals surface area contributed by atoms with Crippen LogP contribution in [0.5, 0.6) is 0 Å². The van der Waals surface area contributed by atoms with Crippen LogP contribution < -0.4 is 10.6 Å². The topological polar surface area (TPSA) is 168 Å². The van der Waals surface area contributed by atoms with Crippen LogP contribution in [0.3, 0.4) is 0 Å². The Morgan fingerprint density at radius 1 is 0.797 bits per heavy atom. The molecule has 0 spiro atoms. The number of amides is 4. The first-order chi connectivity index (χ1) is 30.6. The van der Waals surface area contributed by atoms with Crippen LogP contribution in [0.2, 0.25) is 0 Å². The number of carbonyl (C=O) groups is 7. The number of nitrogens with one attached hydrogen (secondary N) is 2. The fraction of sp³-hybridized carbons (Fsp3) is 0.392. The first kappa shape index (κ1) is 48.6. The third-order valence-corrected chi connectivity index (χ3v) is 11.9. The number of hydrogen-bond acceptors (Lipinski definition) is 9. The van der Waals surface area contributed by atoms with Gasteiger partial charge in [-0.2, -0.15) is 0 Å². The van der Waals surface area contributed by atoms with Gasteiger partial charge in [0.2, 0.25) is 23.6 Å². The van der Waals surface area contributed by atoms with Crippen molar-refractivity contribution >= 4 is 41.2 Å². The molecule has 0 unspecified atom stereocenters. The maximum Gasteiger partial charge on any atom is 0.328 e. The van der Waals surface area contributed by atoms with Gasteiger partial charge < -0.3 is 29.9 Å². The molecule has 1 aliphatic rings. The molecule has 0 aliphatic carbocycles. The van der Waals surface area contributed by atoms with Gasteiger partial charge in [-0.1, -0.05) is 105 Å². The highest BCUT2D eigenvalue weighted by molar-refractivity contribution is 5.97. The van der Waals surface area contributed by atoms with E-state index in [2.05, 4.69) is 10.6 Å². The number of Topliss-reactive ketones (excluding diaryl/α,β-unsaturated/α-hetero) is 2. The molecule has 4 aromatic rings. The van der Waals surface area contributed by atoms with E-state index in [1.54, 1.807) is 19.9 Å². The van der Waals surface area contributed by atoms with Crippen molar-refractivity contribution in [2.45, 2.75) is 97.0 Å². The molecule has 5 rings (SSSR count). The van der Waals surface area contributed by atoms with Crippen molar-refractivity contribution in [3.8, 4) is 11.1 Å². The Morgan fingerprint density at radius 3 is 2.06 bits per heavy atom. The predicted molar refractivity (Wildman–Crippen MR) is 243 cm³/mol. The van der Waals surface area contributed by atoms with Gasteiger partial charge in [-0.05, 0) is 70.8 Å². The van der Waals surface area contributed by atoms with Crippen molar-refractivity contribution in [3.05, 3.63) is 130 Å². The molecule has 2 N–H and O–H groups in total. The van der Waals surface area contributed by atoms with Crippen molar-refractivity contribution in [2.24, 2.45) is 5.92 Å². The third-order valence-electron chi connectivity index (χ3n) is 11.9. The summed E-state index contributed by atoms with van der Waals surface area (Å²) in [6.45, 7) is 7.29. The summed E-state index contributed by atoms with van der Waals surface area (Å²) in [5.41, 5.74) is 6.57. The Morgan fingerprint density at radius 2 is 1.42 bits per heavy atom. The Kier molecular flexibility index (Phi) is 17.3.